The number of fused-ring (bicyclic) bond motifs is 1. The number of rotatable bonds is 4. The summed E-state index contributed by atoms with van der Waals surface area (Å²) in [5.41, 5.74) is 0.840. The summed E-state index contributed by atoms with van der Waals surface area (Å²) in [6.45, 7) is -0.128. The van der Waals surface area contributed by atoms with E-state index in [1.165, 1.54) is 28.8 Å². The molecular weight excluding hydrogens is 388 g/mol. The molecule has 1 N–H and O–H groups in total. The van der Waals surface area contributed by atoms with Crippen molar-refractivity contribution >= 4 is 11.6 Å². The Morgan fingerprint density at radius 3 is 2.38 bits per heavy atom. The van der Waals surface area contributed by atoms with Crippen LogP contribution in [-0.2, 0) is 6.54 Å². The minimum atomic E-state index is -0.759. The molecule has 0 aliphatic carbocycles. The van der Waals surface area contributed by atoms with Crippen LogP contribution >= 0.6 is 0 Å². The van der Waals surface area contributed by atoms with Crippen molar-refractivity contribution < 1.29 is 22.4 Å². The maximum absolute atomic E-state index is 13.7. The molecule has 0 aliphatic rings. The molecule has 29 heavy (non-hydrogen) atoms. The summed E-state index contributed by atoms with van der Waals surface area (Å²) in [6, 6.07) is 8.98. The van der Waals surface area contributed by atoms with Gasteiger partial charge in [-0.05, 0) is 30.3 Å². The summed E-state index contributed by atoms with van der Waals surface area (Å²) in [6.07, 6.45) is 1.49. The Morgan fingerprint density at radius 1 is 0.897 bits per heavy atom. The number of pyridine rings is 1. The Hall–Kier alpha value is -3.75. The van der Waals surface area contributed by atoms with Gasteiger partial charge in [0.05, 0.1) is 0 Å². The highest BCUT2D eigenvalue weighted by Crippen LogP contribution is 2.21. The third-order valence-corrected chi connectivity index (χ3v) is 4.25. The van der Waals surface area contributed by atoms with Crippen LogP contribution in [0.4, 0.5) is 17.6 Å². The zero-order valence-electron chi connectivity index (χ0n) is 14.7. The normalized spacial score (nSPS) is 11.0. The van der Waals surface area contributed by atoms with Crippen molar-refractivity contribution in [1.82, 2.24) is 19.9 Å². The summed E-state index contributed by atoms with van der Waals surface area (Å²) < 4.78 is 55.0. The zero-order chi connectivity index (χ0) is 20.5. The maximum Gasteiger partial charge on any atom is 0.251 e. The molecule has 4 aromatic rings. The van der Waals surface area contributed by atoms with Crippen LogP contribution in [0.15, 0.2) is 54.7 Å². The average molecular weight is 400 g/mol. The third-order valence-electron chi connectivity index (χ3n) is 4.25. The fourth-order valence-electron chi connectivity index (χ4n) is 2.85. The molecule has 0 saturated carbocycles. The number of hydrogen-bond acceptors (Lipinski definition) is 3. The molecule has 9 heteroatoms. The highest BCUT2D eigenvalue weighted by Gasteiger charge is 2.14. The lowest BCUT2D eigenvalue weighted by Crippen LogP contribution is -2.23. The lowest BCUT2D eigenvalue weighted by molar-refractivity contribution is 0.0950. The van der Waals surface area contributed by atoms with E-state index in [0.717, 1.165) is 30.3 Å². The second kappa shape index (κ2) is 7.34. The molecule has 0 fully saturated rings. The second-order valence-electron chi connectivity index (χ2n) is 6.24. The second-order valence-corrected chi connectivity index (χ2v) is 6.24. The number of halogens is 4. The average Bonchev–Trinajstić information content (AvgIpc) is 3.09. The van der Waals surface area contributed by atoms with Crippen LogP contribution < -0.4 is 5.32 Å². The van der Waals surface area contributed by atoms with Crippen LogP contribution in [0.5, 0.6) is 0 Å². The van der Waals surface area contributed by atoms with Crippen LogP contribution in [0.2, 0.25) is 0 Å². The van der Waals surface area contributed by atoms with Gasteiger partial charge in [0.1, 0.15) is 23.3 Å². The van der Waals surface area contributed by atoms with Crippen molar-refractivity contribution in [1.29, 1.82) is 0 Å². The minimum Gasteiger partial charge on any atom is -0.348 e. The van der Waals surface area contributed by atoms with Crippen LogP contribution in [-0.4, -0.2) is 20.5 Å². The van der Waals surface area contributed by atoms with Crippen molar-refractivity contribution in [3.05, 3.63) is 89.1 Å². The molecule has 2 aromatic carbocycles. The molecule has 146 valence electrons. The lowest BCUT2D eigenvalue weighted by Gasteiger charge is -2.07. The van der Waals surface area contributed by atoms with E-state index >= 15 is 0 Å². The largest absolute Gasteiger partial charge is 0.348 e. The molecule has 0 aliphatic heterocycles. The van der Waals surface area contributed by atoms with Gasteiger partial charge in [0, 0.05) is 41.6 Å². The Balaban J connectivity index is 1.57. The molecule has 5 nitrogen and oxygen atoms in total. The van der Waals surface area contributed by atoms with Crippen LogP contribution in [0.25, 0.3) is 17.0 Å². The van der Waals surface area contributed by atoms with E-state index in [-0.39, 0.29) is 34.7 Å². The van der Waals surface area contributed by atoms with Crippen LogP contribution in [0, 0.1) is 23.3 Å². The van der Waals surface area contributed by atoms with Gasteiger partial charge in [-0.3, -0.25) is 9.20 Å². The molecule has 0 bridgehead atoms. The number of aromatic nitrogens is 3. The van der Waals surface area contributed by atoms with Gasteiger partial charge in [0.25, 0.3) is 5.91 Å². The standard InChI is InChI=1S/C20H12F4N4O/c21-14-2-1-12(17(24)9-14)10-25-20(29)11-3-4-28-18(7-11)26-27-19(28)13-5-15(22)8-16(23)6-13/h1-9H,10H2,(H,25,29). The maximum atomic E-state index is 13.7. The fraction of sp³-hybridized carbons (Fsp3) is 0.0500. The Labute approximate surface area is 161 Å². The van der Waals surface area contributed by atoms with Gasteiger partial charge in [0.2, 0.25) is 0 Å². The third kappa shape index (κ3) is 3.79. The summed E-state index contributed by atoms with van der Waals surface area (Å²) >= 11 is 0. The van der Waals surface area contributed by atoms with Crippen LogP contribution in [0.1, 0.15) is 15.9 Å². The van der Waals surface area contributed by atoms with E-state index in [4.69, 9.17) is 0 Å². The molecule has 0 unspecified atom stereocenters. The molecule has 4 rings (SSSR count). The number of carbonyl (C=O) groups is 1. The lowest BCUT2D eigenvalue weighted by atomic mass is 10.2. The fourth-order valence-corrected chi connectivity index (χ4v) is 2.85. The van der Waals surface area contributed by atoms with Gasteiger partial charge in [-0.1, -0.05) is 6.07 Å². The Bertz CT molecular complexity index is 1220. The molecule has 0 spiro atoms. The number of hydrogen-bond donors (Lipinski definition) is 1. The number of nitrogens with one attached hydrogen (secondary N) is 1. The van der Waals surface area contributed by atoms with Gasteiger partial charge >= 0.3 is 0 Å². The van der Waals surface area contributed by atoms with Gasteiger partial charge in [-0.2, -0.15) is 0 Å². The van der Waals surface area contributed by atoms with E-state index in [0.29, 0.717) is 0 Å². The van der Waals surface area contributed by atoms with Crippen molar-refractivity contribution in [3.8, 4) is 11.4 Å². The van der Waals surface area contributed by atoms with Gasteiger partial charge in [0.15, 0.2) is 11.5 Å². The van der Waals surface area contributed by atoms with Crippen molar-refractivity contribution in [2.45, 2.75) is 6.54 Å². The SMILES string of the molecule is O=C(NCc1ccc(F)cc1F)c1ccn2c(-c3cc(F)cc(F)c3)nnc2c1. The minimum absolute atomic E-state index is 0.128. The van der Waals surface area contributed by atoms with Crippen molar-refractivity contribution in [2.24, 2.45) is 0 Å². The van der Waals surface area contributed by atoms with Crippen LogP contribution in [0.3, 0.4) is 0 Å². The van der Waals surface area contributed by atoms with Gasteiger partial charge in [-0.15, -0.1) is 10.2 Å². The molecule has 0 atom stereocenters. The zero-order valence-corrected chi connectivity index (χ0v) is 14.7. The van der Waals surface area contributed by atoms with E-state index in [9.17, 15) is 22.4 Å². The van der Waals surface area contributed by atoms with E-state index in [2.05, 4.69) is 15.5 Å². The van der Waals surface area contributed by atoms with Gasteiger partial charge in [-0.25, -0.2) is 17.6 Å². The highest BCUT2D eigenvalue weighted by atomic mass is 19.1. The monoisotopic (exact) mass is 400 g/mol. The first kappa shape index (κ1) is 18.6. The van der Waals surface area contributed by atoms with E-state index in [1.54, 1.807) is 0 Å². The topological polar surface area (TPSA) is 59.3 Å². The predicted octanol–water partition coefficient (Wildman–Crippen LogP) is 3.88. The number of nitrogens with zero attached hydrogens (tertiary/aromatic N) is 3. The number of amides is 1. The molecular formula is C20H12F4N4O. The smallest absolute Gasteiger partial charge is 0.251 e. The van der Waals surface area contributed by atoms with Gasteiger partial charge < -0.3 is 5.32 Å². The summed E-state index contributed by atoms with van der Waals surface area (Å²) in [7, 11) is 0. The number of carbonyl (C=O) groups excluding carboxylic acids is 1. The Kier molecular flexibility index (Phi) is 4.71. The number of benzene rings is 2. The summed E-state index contributed by atoms with van der Waals surface area (Å²) in [4.78, 5) is 12.3. The molecule has 2 heterocycles. The first-order valence-electron chi connectivity index (χ1n) is 8.44. The molecule has 2 aromatic heterocycles. The summed E-state index contributed by atoms with van der Waals surface area (Å²) in [5.74, 6) is -3.26. The quantitative estimate of drug-likeness (QED) is 0.529. The molecule has 0 radical (unpaired) electrons. The van der Waals surface area contributed by atoms with E-state index < -0.39 is 29.2 Å². The first-order valence-corrected chi connectivity index (χ1v) is 8.44. The Morgan fingerprint density at radius 2 is 1.66 bits per heavy atom. The predicted molar refractivity (Wildman–Crippen MR) is 95.9 cm³/mol. The molecule has 0 saturated heterocycles. The molecule has 1 amide bonds. The van der Waals surface area contributed by atoms with E-state index in [1.807, 2.05) is 0 Å². The highest BCUT2D eigenvalue weighted by molar-refractivity contribution is 5.95. The van der Waals surface area contributed by atoms with Crippen molar-refractivity contribution in [3.63, 3.8) is 0 Å². The summed E-state index contributed by atoms with van der Waals surface area (Å²) in [5, 5.41) is 10.4. The first-order chi connectivity index (χ1) is 13.9. The van der Waals surface area contributed by atoms with Crippen molar-refractivity contribution in [2.75, 3.05) is 0 Å².